The number of aromatic nitrogens is 1. The molecule has 2 amide bonds. The lowest BCUT2D eigenvalue weighted by molar-refractivity contribution is -0.113. The van der Waals surface area contributed by atoms with E-state index in [2.05, 4.69) is 15.6 Å². The van der Waals surface area contributed by atoms with Crippen LogP contribution in [0.5, 0.6) is 5.75 Å². The van der Waals surface area contributed by atoms with Crippen molar-refractivity contribution < 1.29 is 14.3 Å². The van der Waals surface area contributed by atoms with Gasteiger partial charge in [-0.1, -0.05) is 12.1 Å². The van der Waals surface area contributed by atoms with Gasteiger partial charge in [0, 0.05) is 27.7 Å². The molecule has 0 spiro atoms. The Morgan fingerprint density at radius 3 is 2.78 bits per heavy atom. The van der Waals surface area contributed by atoms with Gasteiger partial charge in [0.1, 0.15) is 5.75 Å². The number of nitrogens with zero attached hydrogens (tertiary/aromatic N) is 1. The molecule has 1 aromatic heterocycles. The fraction of sp³-hybridized carbons (Fsp3) is 0.105. The van der Waals surface area contributed by atoms with Crippen LogP contribution in [0.25, 0.3) is 0 Å². The Balaban J connectivity index is 1.58. The van der Waals surface area contributed by atoms with Gasteiger partial charge in [-0.05, 0) is 36.4 Å². The standard InChI is InChI=1S/C19H17N3O3S2/c1-25-15-6-2-4-13(10-15)18(24)21-14-5-3-7-16(11-14)27-12-17(23)22-19-20-8-9-26-19/h2-11H,12H2,1H3,(H,21,24)(H,20,22,23). The molecule has 2 aromatic carbocycles. The van der Waals surface area contributed by atoms with Crippen LogP contribution < -0.4 is 15.4 Å². The zero-order chi connectivity index (χ0) is 19.1. The van der Waals surface area contributed by atoms with E-state index in [9.17, 15) is 9.59 Å². The van der Waals surface area contributed by atoms with Crippen LogP contribution in [0.15, 0.2) is 65.0 Å². The van der Waals surface area contributed by atoms with E-state index in [1.807, 2.05) is 18.2 Å². The molecule has 0 aliphatic rings. The van der Waals surface area contributed by atoms with E-state index in [1.54, 1.807) is 49.0 Å². The lowest BCUT2D eigenvalue weighted by Gasteiger charge is -2.08. The zero-order valence-corrected chi connectivity index (χ0v) is 16.1. The predicted octanol–water partition coefficient (Wildman–Crippen LogP) is 4.13. The molecule has 0 atom stereocenters. The van der Waals surface area contributed by atoms with E-state index < -0.39 is 0 Å². The fourth-order valence-electron chi connectivity index (χ4n) is 2.22. The maximum Gasteiger partial charge on any atom is 0.255 e. The number of carbonyl (C=O) groups is 2. The van der Waals surface area contributed by atoms with Gasteiger partial charge in [-0.25, -0.2) is 4.98 Å². The molecule has 0 saturated carbocycles. The van der Waals surface area contributed by atoms with Crippen LogP contribution in [0.1, 0.15) is 10.4 Å². The van der Waals surface area contributed by atoms with E-state index in [1.165, 1.54) is 23.1 Å². The van der Waals surface area contributed by atoms with Crippen molar-refractivity contribution in [1.29, 1.82) is 0 Å². The van der Waals surface area contributed by atoms with Gasteiger partial charge in [-0.3, -0.25) is 9.59 Å². The number of thioether (sulfide) groups is 1. The second-order valence-electron chi connectivity index (χ2n) is 5.39. The Morgan fingerprint density at radius 2 is 2.00 bits per heavy atom. The highest BCUT2D eigenvalue weighted by Crippen LogP contribution is 2.23. The first kappa shape index (κ1) is 18.9. The van der Waals surface area contributed by atoms with Gasteiger partial charge in [-0.2, -0.15) is 0 Å². The molecule has 0 unspecified atom stereocenters. The van der Waals surface area contributed by atoms with Gasteiger partial charge in [-0.15, -0.1) is 23.1 Å². The molecule has 27 heavy (non-hydrogen) atoms. The van der Waals surface area contributed by atoms with Crippen molar-refractivity contribution >= 4 is 45.7 Å². The molecule has 0 saturated heterocycles. The maximum absolute atomic E-state index is 12.4. The molecule has 0 radical (unpaired) electrons. The summed E-state index contributed by atoms with van der Waals surface area (Å²) in [6, 6.07) is 14.3. The van der Waals surface area contributed by atoms with Crippen LogP contribution in [0.2, 0.25) is 0 Å². The number of anilines is 2. The SMILES string of the molecule is COc1cccc(C(=O)Nc2cccc(SCC(=O)Nc3nccs3)c2)c1. The van der Waals surface area contributed by atoms with Gasteiger partial charge in [0.25, 0.3) is 5.91 Å². The number of carbonyl (C=O) groups excluding carboxylic acids is 2. The van der Waals surface area contributed by atoms with E-state index in [0.29, 0.717) is 22.1 Å². The third kappa shape index (κ3) is 5.57. The number of thiazole rings is 1. The Hall–Kier alpha value is -2.84. The largest absolute Gasteiger partial charge is 0.497 e. The molecule has 0 bridgehead atoms. The smallest absolute Gasteiger partial charge is 0.255 e. The summed E-state index contributed by atoms with van der Waals surface area (Å²) in [5, 5.41) is 7.98. The second-order valence-corrected chi connectivity index (χ2v) is 7.33. The molecule has 0 aliphatic heterocycles. The minimum absolute atomic E-state index is 0.124. The lowest BCUT2D eigenvalue weighted by Crippen LogP contribution is -2.14. The maximum atomic E-state index is 12.4. The topological polar surface area (TPSA) is 80.3 Å². The second kappa shape index (κ2) is 9.20. The average Bonchev–Trinajstić information content (AvgIpc) is 3.19. The molecule has 1 heterocycles. The molecular weight excluding hydrogens is 382 g/mol. The third-order valence-electron chi connectivity index (χ3n) is 3.47. The van der Waals surface area contributed by atoms with Gasteiger partial charge in [0.2, 0.25) is 5.91 Å². The highest BCUT2D eigenvalue weighted by molar-refractivity contribution is 8.00. The van der Waals surface area contributed by atoms with Crippen molar-refractivity contribution in [3.05, 3.63) is 65.7 Å². The molecule has 3 rings (SSSR count). The number of benzene rings is 2. The van der Waals surface area contributed by atoms with Crippen LogP contribution in [-0.2, 0) is 4.79 Å². The van der Waals surface area contributed by atoms with Crippen molar-refractivity contribution in [2.24, 2.45) is 0 Å². The number of ether oxygens (including phenoxy) is 1. The monoisotopic (exact) mass is 399 g/mol. The van der Waals surface area contributed by atoms with E-state index in [-0.39, 0.29) is 17.6 Å². The highest BCUT2D eigenvalue weighted by atomic mass is 32.2. The minimum atomic E-state index is -0.224. The summed E-state index contributed by atoms with van der Waals surface area (Å²) in [7, 11) is 1.56. The highest BCUT2D eigenvalue weighted by Gasteiger charge is 2.09. The molecule has 3 aromatic rings. The van der Waals surface area contributed by atoms with Gasteiger partial charge in [0.15, 0.2) is 5.13 Å². The summed E-state index contributed by atoms with van der Waals surface area (Å²) in [4.78, 5) is 29.2. The quantitative estimate of drug-likeness (QED) is 0.584. The number of amides is 2. The van der Waals surface area contributed by atoms with Crippen molar-refractivity contribution in [3.63, 3.8) is 0 Å². The first-order valence-corrected chi connectivity index (χ1v) is 9.88. The van der Waals surface area contributed by atoms with Crippen molar-refractivity contribution in [2.75, 3.05) is 23.5 Å². The molecular formula is C19H17N3O3S2. The minimum Gasteiger partial charge on any atom is -0.497 e. The summed E-state index contributed by atoms with van der Waals surface area (Å²) in [5.74, 6) is 0.531. The molecule has 2 N–H and O–H groups in total. The zero-order valence-electron chi connectivity index (χ0n) is 14.5. The summed E-state index contributed by atoms with van der Waals surface area (Å²) in [6.45, 7) is 0. The van der Waals surface area contributed by atoms with E-state index in [0.717, 1.165) is 4.90 Å². The first-order valence-electron chi connectivity index (χ1n) is 8.01. The van der Waals surface area contributed by atoms with Crippen molar-refractivity contribution in [2.45, 2.75) is 4.90 Å². The summed E-state index contributed by atoms with van der Waals surface area (Å²) < 4.78 is 5.14. The van der Waals surface area contributed by atoms with Crippen LogP contribution in [-0.4, -0.2) is 29.7 Å². The number of nitrogens with one attached hydrogen (secondary N) is 2. The van der Waals surface area contributed by atoms with Crippen LogP contribution in [0, 0.1) is 0 Å². The first-order chi connectivity index (χ1) is 13.1. The molecule has 138 valence electrons. The molecule has 0 fully saturated rings. The summed E-state index contributed by atoms with van der Waals surface area (Å²) >= 11 is 2.76. The van der Waals surface area contributed by atoms with Crippen LogP contribution >= 0.6 is 23.1 Å². The van der Waals surface area contributed by atoms with Gasteiger partial charge < -0.3 is 15.4 Å². The Labute approximate surface area is 165 Å². The molecule has 6 nitrogen and oxygen atoms in total. The van der Waals surface area contributed by atoms with E-state index in [4.69, 9.17) is 4.74 Å². The number of methoxy groups -OCH3 is 1. The van der Waals surface area contributed by atoms with Gasteiger partial charge in [0.05, 0.1) is 12.9 Å². The number of hydrogen-bond donors (Lipinski definition) is 2. The fourth-order valence-corrected chi connectivity index (χ4v) is 3.52. The normalized spacial score (nSPS) is 10.3. The summed E-state index contributed by atoms with van der Waals surface area (Å²) in [6.07, 6.45) is 1.64. The Bertz CT molecular complexity index is 929. The Morgan fingerprint density at radius 1 is 1.15 bits per heavy atom. The van der Waals surface area contributed by atoms with Crippen molar-refractivity contribution in [1.82, 2.24) is 4.98 Å². The number of rotatable bonds is 7. The van der Waals surface area contributed by atoms with Crippen LogP contribution in [0.4, 0.5) is 10.8 Å². The summed E-state index contributed by atoms with van der Waals surface area (Å²) in [5.41, 5.74) is 1.17. The van der Waals surface area contributed by atoms with E-state index >= 15 is 0 Å². The van der Waals surface area contributed by atoms with Crippen LogP contribution in [0.3, 0.4) is 0 Å². The van der Waals surface area contributed by atoms with Gasteiger partial charge >= 0.3 is 0 Å². The lowest BCUT2D eigenvalue weighted by atomic mass is 10.2. The average molecular weight is 399 g/mol. The van der Waals surface area contributed by atoms with Crippen molar-refractivity contribution in [3.8, 4) is 5.75 Å². The Kier molecular flexibility index (Phi) is 6.45. The predicted molar refractivity (Wildman–Crippen MR) is 109 cm³/mol. The molecule has 8 heteroatoms. The third-order valence-corrected chi connectivity index (χ3v) is 5.15. The number of hydrogen-bond acceptors (Lipinski definition) is 6. The molecule has 0 aliphatic carbocycles.